The van der Waals surface area contributed by atoms with Crippen molar-refractivity contribution in [2.75, 3.05) is 6.54 Å². The van der Waals surface area contributed by atoms with Gasteiger partial charge >= 0.3 is 0 Å². The van der Waals surface area contributed by atoms with Crippen LogP contribution in [0.3, 0.4) is 0 Å². The minimum absolute atomic E-state index is 0.0365. The molecule has 1 aliphatic heterocycles. The summed E-state index contributed by atoms with van der Waals surface area (Å²) in [6.45, 7) is 6.85. The van der Waals surface area contributed by atoms with E-state index in [4.69, 9.17) is 9.15 Å². The largest absolute Gasteiger partial charge is 0.486 e. The van der Waals surface area contributed by atoms with Gasteiger partial charge in [0.15, 0.2) is 5.76 Å². The molecule has 0 radical (unpaired) electrons. The van der Waals surface area contributed by atoms with Crippen molar-refractivity contribution < 1.29 is 18.7 Å². The highest BCUT2D eigenvalue weighted by Crippen LogP contribution is 2.40. The molecule has 6 heteroatoms. The number of rotatable bonds is 7. The lowest BCUT2D eigenvalue weighted by Gasteiger charge is -2.39. The lowest BCUT2D eigenvalue weighted by molar-refractivity contribution is -0.137. The van der Waals surface area contributed by atoms with Gasteiger partial charge in [0.05, 0.1) is 6.04 Å². The summed E-state index contributed by atoms with van der Waals surface area (Å²) in [4.78, 5) is 27.9. The molecule has 5 rings (SSSR count). The quantitative estimate of drug-likeness (QED) is 0.434. The van der Waals surface area contributed by atoms with Crippen LogP contribution in [0.2, 0.25) is 0 Å². The van der Waals surface area contributed by atoms with Crippen LogP contribution in [0.1, 0.15) is 84.1 Å². The first-order valence-electron chi connectivity index (χ1n) is 13.4. The molecule has 1 fully saturated rings. The minimum Gasteiger partial charge on any atom is -0.486 e. The maximum atomic E-state index is 13.6. The topological polar surface area (TPSA) is 71.8 Å². The van der Waals surface area contributed by atoms with Crippen molar-refractivity contribution in [3.63, 3.8) is 0 Å². The van der Waals surface area contributed by atoms with Gasteiger partial charge in [-0.15, -0.1) is 0 Å². The second-order valence-corrected chi connectivity index (χ2v) is 10.6. The fraction of sp³-hybridized carbons (Fsp3) is 0.419. The van der Waals surface area contributed by atoms with E-state index in [0.29, 0.717) is 5.76 Å². The van der Waals surface area contributed by atoms with E-state index in [9.17, 15) is 9.59 Å². The van der Waals surface area contributed by atoms with E-state index < -0.39 is 0 Å². The van der Waals surface area contributed by atoms with Crippen molar-refractivity contribution in [1.29, 1.82) is 0 Å². The van der Waals surface area contributed by atoms with Crippen LogP contribution >= 0.6 is 0 Å². The summed E-state index contributed by atoms with van der Waals surface area (Å²) in [5.74, 6) is 1.76. The second-order valence-electron chi connectivity index (χ2n) is 10.6. The number of amides is 2. The number of nitrogens with one attached hydrogen (secondary N) is 1. The summed E-state index contributed by atoms with van der Waals surface area (Å²) in [5.41, 5.74) is 4.70. The monoisotopic (exact) mass is 500 g/mol. The molecule has 1 aromatic heterocycles. The van der Waals surface area contributed by atoms with Crippen molar-refractivity contribution in [2.24, 2.45) is 5.92 Å². The molecule has 1 atom stereocenters. The summed E-state index contributed by atoms with van der Waals surface area (Å²) in [5, 5.41) is 2.83. The Morgan fingerprint density at radius 2 is 1.81 bits per heavy atom. The molecule has 2 heterocycles. The van der Waals surface area contributed by atoms with Gasteiger partial charge in [0.25, 0.3) is 5.91 Å². The van der Waals surface area contributed by atoms with Gasteiger partial charge in [-0.05, 0) is 81.0 Å². The van der Waals surface area contributed by atoms with E-state index in [1.54, 1.807) is 12.1 Å². The number of carbonyl (C=O) groups excluding carboxylic acids is 2. The van der Waals surface area contributed by atoms with Crippen LogP contribution in [0.15, 0.2) is 59.0 Å². The highest BCUT2D eigenvalue weighted by atomic mass is 16.5. The molecule has 1 N–H and O–H groups in total. The van der Waals surface area contributed by atoms with Crippen molar-refractivity contribution in [2.45, 2.75) is 71.6 Å². The standard InChI is InChI=1S/C31H36N2O4/c1-20(2)32-30(34)28-15-14-26(37-28)19-36-25-13-12-22-16-17-33(31(35)24-6-4-5-7-24)29(27(22)18-25)23-10-8-21(3)9-11-23/h8-15,18,20,24,29H,4-7,16-17,19H2,1-3H3,(H,32,34)/t29-/m0/s1. The molecule has 0 spiro atoms. The Bertz CT molecular complexity index is 1250. The highest BCUT2D eigenvalue weighted by Gasteiger charge is 2.36. The fourth-order valence-electron chi connectivity index (χ4n) is 5.50. The number of hydrogen-bond acceptors (Lipinski definition) is 4. The zero-order valence-corrected chi connectivity index (χ0v) is 22.0. The van der Waals surface area contributed by atoms with Crippen molar-refractivity contribution in [1.82, 2.24) is 10.2 Å². The smallest absolute Gasteiger partial charge is 0.287 e. The van der Waals surface area contributed by atoms with E-state index in [1.165, 1.54) is 11.1 Å². The van der Waals surface area contributed by atoms with Crippen molar-refractivity contribution in [3.05, 3.63) is 88.4 Å². The Balaban J connectivity index is 1.39. The Hall–Kier alpha value is -3.54. The molecule has 194 valence electrons. The SMILES string of the molecule is Cc1ccc([C@H]2c3cc(OCc4ccc(C(=O)NC(C)C)o4)ccc3CCN2C(=O)C2CCCC2)cc1. The van der Waals surface area contributed by atoms with Gasteiger partial charge in [-0.3, -0.25) is 9.59 Å². The number of hydrogen-bond donors (Lipinski definition) is 1. The molecule has 3 aromatic rings. The zero-order valence-electron chi connectivity index (χ0n) is 22.0. The van der Waals surface area contributed by atoms with Crippen LogP contribution in [0.4, 0.5) is 0 Å². The van der Waals surface area contributed by atoms with E-state index in [0.717, 1.165) is 55.5 Å². The zero-order chi connectivity index (χ0) is 25.9. The number of aryl methyl sites for hydroxylation is 1. The number of ether oxygens (including phenoxy) is 1. The molecule has 2 amide bonds. The van der Waals surface area contributed by atoms with Crippen molar-refractivity contribution in [3.8, 4) is 5.75 Å². The van der Waals surface area contributed by atoms with E-state index in [-0.39, 0.29) is 42.2 Å². The predicted molar refractivity (Wildman–Crippen MR) is 142 cm³/mol. The number of fused-ring (bicyclic) bond motifs is 1. The first-order chi connectivity index (χ1) is 17.9. The Morgan fingerprint density at radius 1 is 1.05 bits per heavy atom. The van der Waals surface area contributed by atoms with Crippen LogP contribution < -0.4 is 10.1 Å². The van der Waals surface area contributed by atoms with Crippen LogP contribution in [-0.2, 0) is 17.8 Å². The molecule has 0 bridgehead atoms. The van der Waals surface area contributed by atoms with E-state index >= 15 is 0 Å². The van der Waals surface area contributed by atoms with Crippen LogP contribution in [-0.4, -0.2) is 29.3 Å². The normalized spacial score (nSPS) is 17.6. The summed E-state index contributed by atoms with van der Waals surface area (Å²) in [7, 11) is 0. The summed E-state index contributed by atoms with van der Waals surface area (Å²) < 4.78 is 11.8. The van der Waals surface area contributed by atoms with Crippen LogP contribution in [0.5, 0.6) is 5.75 Å². The number of furan rings is 1. The van der Waals surface area contributed by atoms with Gasteiger partial charge in [0.1, 0.15) is 18.1 Å². The van der Waals surface area contributed by atoms with E-state index in [2.05, 4.69) is 53.5 Å². The van der Waals surface area contributed by atoms with Gasteiger partial charge in [-0.1, -0.05) is 48.7 Å². The fourth-order valence-corrected chi connectivity index (χ4v) is 5.50. The summed E-state index contributed by atoms with van der Waals surface area (Å²) >= 11 is 0. The van der Waals surface area contributed by atoms with Gasteiger partial charge in [-0.25, -0.2) is 0 Å². The Morgan fingerprint density at radius 3 is 2.54 bits per heavy atom. The molecule has 1 saturated carbocycles. The van der Waals surface area contributed by atoms with Gasteiger partial charge in [-0.2, -0.15) is 0 Å². The third-order valence-electron chi connectivity index (χ3n) is 7.41. The summed E-state index contributed by atoms with van der Waals surface area (Å²) in [6, 6.07) is 18.0. The molecular formula is C31H36N2O4. The minimum atomic E-state index is -0.233. The second kappa shape index (κ2) is 10.8. The molecule has 0 unspecified atom stereocenters. The first-order valence-corrected chi connectivity index (χ1v) is 13.4. The molecule has 6 nitrogen and oxygen atoms in total. The molecule has 37 heavy (non-hydrogen) atoms. The molecule has 0 saturated heterocycles. The average molecular weight is 501 g/mol. The number of nitrogens with zero attached hydrogens (tertiary/aromatic N) is 1. The lowest BCUT2D eigenvalue weighted by atomic mass is 9.86. The van der Waals surface area contributed by atoms with Crippen LogP contribution in [0, 0.1) is 12.8 Å². The van der Waals surface area contributed by atoms with Gasteiger partial charge < -0.3 is 19.4 Å². The van der Waals surface area contributed by atoms with E-state index in [1.807, 2.05) is 19.9 Å². The maximum Gasteiger partial charge on any atom is 0.287 e. The van der Waals surface area contributed by atoms with Gasteiger partial charge in [0, 0.05) is 18.5 Å². The molecule has 2 aliphatic rings. The predicted octanol–water partition coefficient (Wildman–Crippen LogP) is 5.97. The van der Waals surface area contributed by atoms with Crippen LogP contribution in [0.25, 0.3) is 0 Å². The Labute approximate surface area is 219 Å². The van der Waals surface area contributed by atoms with Crippen molar-refractivity contribution >= 4 is 11.8 Å². The van der Waals surface area contributed by atoms with Gasteiger partial charge in [0.2, 0.25) is 5.91 Å². The molecular weight excluding hydrogens is 464 g/mol. The first kappa shape index (κ1) is 25.1. The number of carbonyl (C=O) groups is 2. The third-order valence-corrected chi connectivity index (χ3v) is 7.41. The maximum absolute atomic E-state index is 13.6. The third kappa shape index (κ3) is 5.58. The summed E-state index contributed by atoms with van der Waals surface area (Å²) in [6.07, 6.45) is 5.10. The average Bonchev–Trinajstić information content (AvgIpc) is 3.59. The Kier molecular flexibility index (Phi) is 7.36. The number of benzene rings is 2. The molecule has 2 aromatic carbocycles. The molecule has 1 aliphatic carbocycles. The highest BCUT2D eigenvalue weighted by molar-refractivity contribution is 5.91. The lowest BCUT2D eigenvalue weighted by Crippen LogP contribution is -2.43.